The van der Waals surface area contributed by atoms with Gasteiger partial charge in [-0.15, -0.1) is 0 Å². The standard InChI is InChI=1S/C15H27N3O4/c1-10(2)4-3-5-12(14(21)22)13-9-18(15(16)17-13)8-11(20)6-7-19/h4,11-13,19-20H,3,5-9H2,1-2H3,(H2,16,17)(H,21,22). The number of hydrogen-bond acceptors (Lipinski definition) is 6. The van der Waals surface area contributed by atoms with E-state index in [0.29, 0.717) is 19.4 Å². The summed E-state index contributed by atoms with van der Waals surface area (Å²) in [5.74, 6) is -1.20. The third kappa shape index (κ3) is 5.65. The van der Waals surface area contributed by atoms with Crippen LogP contribution in [-0.4, -0.2) is 64.0 Å². The fraction of sp³-hybridized carbons (Fsp3) is 0.733. The van der Waals surface area contributed by atoms with Crippen LogP contribution in [0.25, 0.3) is 0 Å². The average Bonchev–Trinajstić information content (AvgIpc) is 2.75. The van der Waals surface area contributed by atoms with Crippen molar-refractivity contribution in [1.82, 2.24) is 4.90 Å². The van der Waals surface area contributed by atoms with Gasteiger partial charge in [0.05, 0.1) is 18.1 Å². The Hall–Kier alpha value is -1.60. The highest BCUT2D eigenvalue weighted by molar-refractivity contribution is 5.81. The lowest BCUT2D eigenvalue weighted by Gasteiger charge is -2.23. The number of rotatable bonds is 9. The Morgan fingerprint density at radius 1 is 1.50 bits per heavy atom. The summed E-state index contributed by atoms with van der Waals surface area (Å²) in [6.07, 6.45) is 2.78. The van der Waals surface area contributed by atoms with E-state index in [2.05, 4.69) is 4.99 Å². The molecule has 1 rings (SSSR count). The lowest BCUT2D eigenvalue weighted by Crippen LogP contribution is -2.41. The minimum atomic E-state index is -0.874. The quantitative estimate of drug-likeness (QED) is 0.451. The van der Waals surface area contributed by atoms with Crippen LogP contribution in [0, 0.1) is 5.92 Å². The number of carboxylic acid groups (broad SMARTS) is 1. The molecule has 0 amide bonds. The number of carboxylic acids is 1. The number of aliphatic hydroxyl groups excluding tert-OH is 2. The van der Waals surface area contributed by atoms with Crippen LogP contribution in [0.15, 0.2) is 16.6 Å². The first kappa shape index (κ1) is 18.4. The number of nitrogens with zero attached hydrogens (tertiary/aromatic N) is 2. The van der Waals surface area contributed by atoms with Crippen molar-refractivity contribution in [3.63, 3.8) is 0 Å². The van der Waals surface area contributed by atoms with Gasteiger partial charge >= 0.3 is 5.97 Å². The van der Waals surface area contributed by atoms with E-state index in [1.807, 2.05) is 19.9 Å². The first-order chi connectivity index (χ1) is 10.3. The summed E-state index contributed by atoms with van der Waals surface area (Å²) in [6.45, 7) is 4.50. The number of β-amino-alcohol motifs (C(OH)–C–C–N with tert-alkyl or cyclic N) is 1. The van der Waals surface area contributed by atoms with Crippen LogP contribution < -0.4 is 5.73 Å². The van der Waals surface area contributed by atoms with Gasteiger partial charge in [-0.2, -0.15) is 0 Å². The van der Waals surface area contributed by atoms with Crippen LogP contribution in [0.3, 0.4) is 0 Å². The van der Waals surface area contributed by atoms with Gasteiger partial charge in [-0.25, -0.2) is 4.99 Å². The van der Waals surface area contributed by atoms with Crippen molar-refractivity contribution < 1.29 is 20.1 Å². The molecule has 0 saturated carbocycles. The molecule has 0 saturated heterocycles. The van der Waals surface area contributed by atoms with E-state index in [9.17, 15) is 15.0 Å². The molecule has 0 aromatic heterocycles. The molecule has 7 heteroatoms. The number of aliphatic imine (C=N–C) groups is 1. The van der Waals surface area contributed by atoms with Crippen molar-refractivity contribution >= 4 is 11.9 Å². The second kappa shape index (κ2) is 8.75. The van der Waals surface area contributed by atoms with Gasteiger partial charge in [0.15, 0.2) is 5.96 Å². The molecule has 3 atom stereocenters. The van der Waals surface area contributed by atoms with E-state index in [1.54, 1.807) is 4.90 Å². The SMILES string of the molecule is CC(C)=CCCC(C(=O)O)C1CN(CC(O)CCO)C(N)=N1. The molecule has 1 aliphatic heterocycles. The lowest BCUT2D eigenvalue weighted by atomic mass is 9.94. The van der Waals surface area contributed by atoms with Crippen LogP contribution in [0.5, 0.6) is 0 Å². The second-order valence-electron chi connectivity index (χ2n) is 5.93. The maximum Gasteiger partial charge on any atom is 0.308 e. The van der Waals surface area contributed by atoms with Gasteiger partial charge in [-0.1, -0.05) is 11.6 Å². The van der Waals surface area contributed by atoms with E-state index in [4.69, 9.17) is 10.8 Å². The van der Waals surface area contributed by atoms with Gasteiger partial charge in [-0.3, -0.25) is 4.79 Å². The molecule has 0 fully saturated rings. The van der Waals surface area contributed by atoms with Crippen LogP contribution >= 0.6 is 0 Å². The van der Waals surface area contributed by atoms with Gasteiger partial charge in [-0.05, 0) is 33.1 Å². The smallest absolute Gasteiger partial charge is 0.308 e. The molecule has 22 heavy (non-hydrogen) atoms. The highest BCUT2D eigenvalue weighted by Crippen LogP contribution is 2.21. The Morgan fingerprint density at radius 2 is 2.18 bits per heavy atom. The first-order valence-corrected chi connectivity index (χ1v) is 7.58. The highest BCUT2D eigenvalue weighted by atomic mass is 16.4. The molecular formula is C15H27N3O4. The summed E-state index contributed by atoms with van der Waals surface area (Å²) in [4.78, 5) is 17.4. The number of hydrogen-bond donors (Lipinski definition) is 4. The maximum atomic E-state index is 11.5. The van der Waals surface area contributed by atoms with E-state index in [0.717, 1.165) is 5.57 Å². The van der Waals surface area contributed by atoms with Crippen molar-refractivity contribution in [1.29, 1.82) is 0 Å². The van der Waals surface area contributed by atoms with Crippen molar-refractivity contribution in [2.24, 2.45) is 16.6 Å². The molecular weight excluding hydrogens is 286 g/mol. The molecule has 5 N–H and O–H groups in total. The summed E-state index contributed by atoms with van der Waals surface area (Å²) in [6, 6.07) is -0.399. The minimum Gasteiger partial charge on any atom is -0.481 e. The number of nitrogens with two attached hydrogens (primary N) is 1. The average molecular weight is 313 g/mol. The molecule has 7 nitrogen and oxygen atoms in total. The lowest BCUT2D eigenvalue weighted by molar-refractivity contribution is -0.142. The summed E-state index contributed by atoms with van der Waals surface area (Å²) in [5.41, 5.74) is 6.99. The molecule has 3 unspecified atom stereocenters. The third-order valence-corrected chi connectivity index (χ3v) is 3.73. The van der Waals surface area contributed by atoms with Crippen molar-refractivity contribution in [2.75, 3.05) is 19.7 Å². The van der Waals surface area contributed by atoms with Gasteiger partial charge in [0.1, 0.15) is 0 Å². The molecule has 1 aliphatic rings. The van der Waals surface area contributed by atoms with Gasteiger partial charge < -0.3 is 26.0 Å². The molecule has 0 spiro atoms. The topological polar surface area (TPSA) is 119 Å². The van der Waals surface area contributed by atoms with E-state index in [1.165, 1.54) is 0 Å². The first-order valence-electron chi connectivity index (χ1n) is 7.58. The maximum absolute atomic E-state index is 11.5. The molecule has 0 aromatic carbocycles. The van der Waals surface area contributed by atoms with Crippen molar-refractivity contribution in [3.8, 4) is 0 Å². The number of aliphatic hydroxyl groups is 2. The number of allylic oxidation sites excluding steroid dienone is 2. The fourth-order valence-electron chi connectivity index (χ4n) is 2.52. The number of guanidine groups is 1. The predicted molar refractivity (Wildman–Crippen MR) is 84.5 cm³/mol. The number of aliphatic carboxylic acids is 1. The molecule has 126 valence electrons. The van der Waals surface area contributed by atoms with E-state index >= 15 is 0 Å². The molecule has 1 heterocycles. The normalized spacial score (nSPS) is 20.5. The molecule has 0 aliphatic carbocycles. The Balaban J connectivity index is 2.63. The summed E-state index contributed by atoms with van der Waals surface area (Å²) in [7, 11) is 0. The predicted octanol–water partition coefficient (Wildman–Crippen LogP) is 0.176. The van der Waals surface area contributed by atoms with Crippen molar-refractivity contribution in [2.45, 2.75) is 45.3 Å². The molecule has 0 aromatic rings. The Labute approximate surface area is 131 Å². The van der Waals surface area contributed by atoms with Crippen molar-refractivity contribution in [3.05, 3.63) is 11.6 Å². The van der Waals surface area contributed by atoms with Gasteiger partial charge in [0.2, 0.25) is 0 Å². The second-order valence-corrected chi connectivity index (χ2v) is 5.93. The van der Waals surface area contributed by atoms with Gasteiger partial charge in [0, 0.05) is 19.7 Å². The van der Waals surface area contributed by atoms with Crippen LogP contribution in [0.4, 0.5) is 0 Å². The Bertz CT molecular complexity index is 433. The van der Waals surface area contributed by atoms with E-state index < -0.39 is 24.0 Å². The fourth-order valence-corrected chi connectivity index (χ4v) is 2.52. The van der Waals surface area contributed by atoms with Crippen LogP contribution in [-0.2, 0) is 4.79 Å². The number of carbonyl (C=O) groups is 1. The minimum absolute atomic E-state index is 0.101. The molecule has 0 radical (unpaired) electrons. The molecule has 0 bridgehead atoms. The summed E-state index contributed by atoms with van der Waals surface area (Å²) in [5, 5.41) is 27.9. The highest BCUT2D eigenvalue weighted by Gasteiger charge is 2.34. The van der Waals surface area contributed by atoms with Gasteiger partial charge in [0.25, 0.3) is 0 Å². The Kier molecular flexibility index (Phi) is 7.34. The van der Waals surface area contributed by atoms with Crippen LogP contribution in [0.1, 0.15) is 33.1 Å². The van der Waals surface area contributed by atoms with Crippen LogP contribution in [0.2, 0.25) is 0 Å². The summed E-state index contributed by atoms with van der Waals surface area (Å²) < 4.78 is 0. The summed E-state index contributed by atoms with van der Waals surface area (Å²) >= 11 is 0. The third-order valence-electron chi connectivity index (χ3n) is 3.73. The zero-order valence-electron chi connectivity index (χ0n) is 13.3. The van der Waals surface area contributed by atoms with E-state index in [-0.39, 0.29) is 25.5 Å². The largest absolute Gasteiger partial charge is 0.481 e. The Morgan fingerprint density at radius 3 is 2.73 bits per heavy atom. The monoisotopic (exact) mass is 313 g/mol. The zero-order valence-corrected chi connectivity index (χ0v) is 13.3. The zero-order chi connectivity index (χ0) is 16.7.